The first-order valence-electron chi connectivity index (χ1n) is 10.6. The first kappa shape index (κ1) is 22.9. The van der Waals surface area contributed by atoms with Gasteiger partial charge < -0.3 is 10.0 Å². The summed E-state index contributed by atoms with van der Waals surface area (Å²) < 4.78 is 38.5. The lowest BCUT2D eigenvalue weighted by atomic mass is 9.93. The molecule has 0 saturated carbocycles. The Morgan fingerprint density at radius 3 is 2.58 bits per heavy atom. The number of tetrazole rings is 1. The summed E-state index contributed by atoms with van der Waals surface area (Å²) in [6.45, 7) is 2.41. The van der Waals surface area contributed by atoms with Gasteiger partial charge in [0.2, 0.25) is 11.7 Å². The number of carbonyl (C=O) groups excluding carboxylic acids is 1. The molecule has 1 unspecified atom stereocenters. The summed E-state index contributed by atoms with van der Waals surface area (Å²) in [4.78, 5) is 14.6. The van der Waals surface area contributed by atoms with Gasteiger partial charge in [0.25, 0.3) is 0 Å². The molecule has 174 valence electrons. The summed E-state index contributed by atoms with van der Waals surface area (Å²) in [6, 6.07) is 12.4. The van der Waals surface area contributed by atoms with Crippen LogP contribution in [-0.2, 0) is 23.9 Å². The van der Waals surface area contributed by atoms with Gasteiger partial charge in [0.15, 0.2) is 0 Å². The molecule has 2 heterocycles. The monoisotopic (exact) mass is 459 g/mol. The van der Waals surface area contributed by atoms with Crippen LogP contribution in [0.5, 0.6) is 0 Å². The number of carbonyl (C=O) groups is 1. The van der Waals surface area contributed by atoms with E-state index in [0.717, 1.165) is 23.3 Å². The van der Waals surface area contributed by atoms with Gasteiger partial charge in [0, 0.05) is 19.0 Å². The summed E-state index contributed by atoms with van der Waals surface area (Å²) >= 11 is 0. The van der Waals surface area contributed by atoms with Gasteiger partial charge in [-0.3, -0.25) is 4.79 Å². The molecule has 2 aromatic carbocycles. The van der Waals surface area contributed by atoms with Crippen LogP contribution >= 0.6 is 0 Å². The molecule has 1 aromatic heterocycles. The smallest absolute Gasteiger partial charge is 0.386 e. The SMILES string of the molecule is CC(=O)N1CCCC(O)(Cn2nnc(-c3ccccc3Cc3ccc(C(F)(F)F)cc3)n2)C1. The topological polar surface area (TPSA) is 84.1 Å². The fraction of sp³-hybridized carbons (Fsp3) is 0.391. The van der Waals surface area contributed by atoms with Crippen molar-refractivity contribution in [3.63, 3.8) is 0 Å². The zero-order valence-electron chi connectivity index (χ0n) is 18.1. The Kier molecular flexibility index (Phi) is 6.20. The molecular formula is C23H24F3N5O2. The van der Waals surface area contributed by atoms with E-state index in [9.17, 15) is 23.1 Å². The van der Waals surface area contributed by atoms with Gasteiger partial charge in [-0.1, -0.05) is 36.4 Å². The minimum absolute atomic E-state index is 0.0856. The molecule has 1 aliphatic rings. The molecule has 7 nitrogen and oxygen atoms in total. The molecule has 0 bridgehead atoms. The third-order valence-electron chi connectivity index (χ3n) is 5.82. The second kappa shape index (κ2) is 8.93. The van der Waals surface area contributed by atoms with Crippen LogP contribution in [0.1, 0.15) is 36.5 Å². The van der Waals surface area contributed by atoms with Crippen molar-refractivity contribution in [1.82, 2.24) is 25.1 Å². The van der Waals surface area contributed by atoms with Crippen LogP contribution < -0.4 is 0 Å². The molecular weight excluding hydrogens is 435 g/mol. The zero-order valence-corrected chi connectivity index (χ0v) is 18.1. The molecule has 0 radical (unpaired) electrons. The van der Waals surface area contributed by atoms with Crippen molar-refractivity contribution in [2.24, 2.45) is 0 Å². The van der Waals surface area contributed by atoms with Crippen molar-refractivity contribution in [3.8, 4) is 11.4 Å². The van der Waals surface area contributed by atoms with Crippen LogP contribution in [0.15, 0.2) is 48.5 Å². The molecule has 4 rings (SSSR count). The van der Waals surface area contributed by atoms with Crippen molar-refractivity contribution in [2.75, 3.05) is 13.1 Å². The first-order chi connectivity index (χ1) is 15.6. The van der Waals surface area contributed by atoms with Crippen LogP contribution in [0.25, 0.3) is 11.4 Å². The van der Waals surface area contributed by atoms with E-state index in [-0.39, 0.29) is 19.0 Å². The highest BCUT2D eigenvalue weighted by atomic mass is 19.4. The summed E-state index contributed by atoms with van der Waals surface area (Å²) in [6.07, 6.45) is -2.76. The van der Waals surface area contributed by atoms with Crippen molar-refractivity contribution in [1.29, 1.82) is 0 Å². The number of alkyl halides is 3. The summed E-state index contributed by atoms with van der Waals surface area (Å²) in [5.41, 5.74) is 0.458. The van der Waals surface area contributed by atoms with E-state index in [4.69, 9.17) is 0 Å². The van der Waals surface area contributed by atoms with Gasteiger partial charge in [-0.2, -0.15) is 18.0 Å². The maximum atomic E-state index is 12.8. The standard InChI is InChI=1S/C23H24F3N5O2/c1-16(32)30-12-4-11-22(33,14-30)15-31-28-21(27-29-31)20-6-3-2-5-18(20)13-17-7-9-19(10-8-17)23(24,25)26/h2-3,5-10,33H,4,11-15H2,1H3. The molecule has 1 atom stereocenters. The van der Waals surface area contributed by atoms with Gasteiger partial charge in [-0.05, 0) is 47.7 Å². The number of piperidine rings is 1. The van der Waals surface area contributed by atoms with E-state index < -0.39 is 17.3 Å². The molecule has 1 N–H and O–H groups in total. The lowest BCUT2D eigenvalue weighted by Crippen LogP contribution is -2.52. The normalized spacial score (nSPS) is 19.0. The number of β-amino-alcohol motifs (C(OH)–C–C–N with tert-alkyl or cyclic N) is 1. The van der Waals surface area contributed by atoms with E-state index in [0.29, 0.717) is 37.2 Å². The summed E-state index contributed by atoms with van der Waals surface area (Å²) in [5.74, 6) is 0.276. The third-order valence-corrected chi connectivity index (χ3v) is 5.82. The Hall–Kier alpha value is -3.27. The fourth-order valence-electron chi connectivity index (χ4n) is 4.12. The molecule has 33 heavy (non-hydrogen) atoms. The lowest BCUT2D eigenvalue weighted by Gasteiger charge is -2.38. The van der Waals surface area contributed by atoms with Gasteiger partial charge in [-0.25, -0.2) is 0 Å². The Labute approximate surface area is 188 Å². The maximum absolute atomic E-state index is 12.8. The molecule has 0 aliphatic carbocycles. The number of hydrogen-bond acceptors (Lipinski definition) is 5. The number of aliphatic hydroxyl groups is 1. The predicted molar refractivity (Wildman–Crippen MR) is 114 cm³/mol. The van der Waals surface area contributed by atoms with Crippen molar-refractivity contribution in [2.45, 2.75) is 44.5 Å². The van der Waals surface area contributed by atoms with Crippen LogP contribution in [0.2, 0.25) is 0 Å². The number of likely N-dealkylation sites (tertiary alicyclic amines) is 1. The largest absolute Gasteiger partial charge is 0.416 e. The lowest BCUT2D eigenvalue weighted by molar-refractivity contribution is -0.138. The molecule has 1 saturated heterocycles. The number of hydrogen-bond donors (Lipinski definition) is 1. The first-order valence-corrected chi connectivity index (χ1v) is 10.6. The second-order valence-electron chi connectivity index (χ2n) is 8.44. The number of amides is 1. The number of benzene rings is 2. The minimum Gasteiger partial charge on any atom is -0.386 e. The van der Waals surface area contributed by atoms with E-state index in [2.05, 4.69) is 15.4 Å². The van der Waals surface area contributed by atoms with E-state index in [1.54, 1.807) is 4.90 Å². The van der Waals surface area contributed by atoms with Crippen LogP contribution in [0.4, 0.5) is 13.2 Å². The van der Waals surface area contributed by atoms with E-state index in [1.165, 1.54) is 23.9 Å². The van der Waals surface area contributed by atoms with Gasteiger partial charge in [-0.15, -0.1) is 10.2 Å². The minimum atomic E-state index is -4.37. The van der Waals surface area contributed by atoms with Crippen LogP contribution in [-0.4, -0.2) is 54.8 Å². The van der Waals surface area contributed by atoms with Gasteiger partial charge in [0.1, 0.15) is 5.60 Å². The molecule has 10 heteroatoms. The average molecular weight is 459 g/mol. The molecule has 1 amide bonds. The van der Waals surface area contributed by atoms with E-state index in [1.807, 2.05) is 24.3 Å². The predicted octanol–water partition coefficient (Wildman–Crippen LogP) is 3.32. The Morgan fingerprint density at radius 1 is 1.15 bits per heavy atom. The maximum Gasteiger partial charge on any atom is 0.416 e. The quantitative estimate of drug-likeness (QED) is 0.633. The van der Waals surface area contributed by atoms with E-state index >= 15 is 0 Å². The van der Waals surface area contributed by atoms with Crippen molar-refractivity contribution >= 4 is 5.91 Å². The average Bonchev–Trinajstić information content (AvgIpc) is 3.21. The number of nitrogens with zero attached hydrogens (tertiary/aromatic N) is 5. The second-order valence-corrected chi connectivity index (χ2v) is 8.44. The number of aromatic nitrogens is 4. The molecule has 1 aliphatic heterocycles. The fourth-order valence-corrected chi connectivity index (χ4v) is 4.12. The van der Waals surface area contributed by atoms with Crippen molar-refractivity contribution < 1.29 is 23.1 Å². The molecule has 3 aromatic rings. The third kappa shape index (κ3) is 5.39. The zero-order chi connectivity index (χ0) is 23.6. The summed E-state index contributed by atoms with van der Waals surface area (Å²) in [5, 5.41) is 23.6. The Morgan fingerprint density at radius 2 is 1.88 bits per heavy atom. The van der Waals surface area contributed by atoms with Crippen molar-refractivity contribution in [3.05, 3.63) is 65.2 Å². The van der Waals surface area contributed by atoms with Crippen LogP contribution in [0.3, 0.4) is 0 Å². The highest BCUT2D eigenvalue weighted by Gasteiger charge is 2.35. The van der Waals surface area contributed by atoms with Gasteiger partial charge >= 0.3 is 6.18 Å². The Balaban J connectivity index is 1.51. The number of rotatable bonds is 5. The summed E-state index contributed by atoms with van der Waals surface area (Å²) in [7, 11) is 0. The van der Waals surface area contributed by atoms with Gasteiger partial charge in [0.05, 0.1) is 18.7 Å². The molecule has 0 spiro atoms. The Bertz CT molecular complexity index is 1130. The highest BCUT2D eigenvalue weighted by Crippen LogP contribution is 2.30. The highest BCUT2D eigenvalue weighted by molar-refractivity contribution is 5.73. The number of halogens is 3. The van der Waals surface area contributed by atoms with Crippen LogP contribution in [0, 0.1) is 0 Å². The molecule has 1 fully saturated rings.